The Hall–Kier alpha value is -2.12. The van der Waals surface area contributed by atoms with Crippen LogP contribution in [0.2, 0.25) is 0 Å². The van der Waals surface area contributed by atoms with Gasteiger partial charge < -0.3 is 14.8 Å². The van der Waals surface area contributed by atoms with Crippen LogP contribution in [0.3, 0.4) is 0 Å². The first-order valence-electron chi connectivity index (χ1n) is 8.73. The Kier molecular flexibility index (Phi) is 5.88. The van der Waals surface area contributed by atoms with E-state index < -0.39 is 6.04 Å². The molecule has 1 aromatic carbocycles. The number of rotatable bonds is 6. The molecular formula is C18H25N3O4. The zero-order valence-electron chi connectivity index (χ0n) is 14.6. The number of anilines is 1. The van der Waals surface area contributed by atoms with Crippen LogP contribution in [0.15, 0.2) is 24.3 Å². The van der Waals surface area contributed by atoms with Crippen molar-refractivity contribution in [3.05, 3.63) is 24.3 Å². The molecule has 0 radical (unpaired) electrons. The molecule has 25 heavy (non-hydrogen) atoms. The maximum atomic E-state index is 12.6. The molecule has 2 heterocycles. The lowest BCUT2D eigenvalue weighted by Gasteiger charge is -2.27. The molecule has 3 rings (SSSR count). The van der Waals surface area contributed by atoms with Crippen molar-refractivity contribution in [2.24, 2.45) is 0 Å². The van der Waals surface area contributed by atoms with Crippen molar-refractivity contribution in [1.82, 2.24) is 10.2 Å². The summed E-state index contributed by atoms with van der Waals surface area (Å²) in [7, 11) is 1.60. The first-order valence-corrected chi connectivity index (χ1v) is 8.73. The fourth-order valence-corrected chi connectivity index (χ4v) is 3.28. The lowest BCUT2D eigenvalue weighted by Crippen LogP contribution is -2.47. The maximum absolute atomic E-state index is 12.6. The summed E-state index contributed by atoms with van der Waals surface area (Å²) in [6, 6.07) is 6.79. The average molecular weight is 347 g/mol. The highest BCUT2D eigenvalue weighted by Crippen LogP contribution is 2.28. The van der Waals surface area contributed by atoms with E-state index in [0.717, 1.165) is 44.3 Å². The molecule has 136 valence electrons. The zero-order chi connectivity index (χ0) is 17.6. The van der Waals surface area contributed by atoms with Crippen LogP contribution in [0.4, 0.5) is 5.69 Å². The van der Waals surface area contributed by atoms with Gasteiger partial charge >= 0.3 is 0 Å². The highest BCUT2D eigenvalue weighted by atomic mass is 16.5. The fraction of sp³-hybridized carbons (Fsp3) is 0.556. The molecule has 0 spiro atoms. The first kappa shape index (κ1) is 17.7. The van der Waals surface area contributed by atoms with Gasteiger partial charge in [0, 0.05) is 38.3 Å². The molecule has 2 fully saturated rings. The van der Waals surface area contributed by atoms with Crippen molar-refractivity contribution in [2.45, 2.75) is 18.9 Å². The van der Waals surface area contributed by atoms with Crippen molar-refractivity contribution in [1.29, 1.82) is 0 Å². The third-order valence-electron chi connectivity index (χ3n) is 4.70. The maximum Gasteiger partial charge on any atom is 0.243 e. The van der Waals surface area contributed by atoms with E-state index in [0.29, 0.717) is 19.4 Å². The molecule has 1 aromatic rings. The third-order valence-corrected chi connectivity index (χ3v) is 4.70. The number of hydrogen-bond acceptors (Lipinski definition) is 5. The Morgan fingerprint density at radius 3 is 2.68 bits per heavy atom. The van der Waals surface area contributed by atoms with Crippen molar-refractivity contribution in [3.8, 4) is 5.75 Å². The molecule has 1 N–H and O–H groups in total. The molecule has 2 aliphatic heterocycles. The van der Waals surface area contributed by atoms with Crippen LogP contribution in [-0.2, 0) is 14.3 Å². The fourth-order valence-electron chi connectivity index (χ4n) is 3.28. The Morgan fingerprint density at radius 2 is 2.00 bits per heavy atom. The van der Waals surface area contributed by atoms with Crippen LogP contribution in [0.25, 0.3) is 0 Å². The van der Waals surface area contributed by atoms with E-state index in [1.165, 1.54) is 0 Å². The second-order valence-corrected chi connectivity index (χ2v) is 6.26. The lowest BCUT2D eigenvalue weighted by molar-refractivity contribution is -0.124. The van der Waals surface area contributed by atoms with Gasteiger partial charge in [-0.05, 0) is 30.7 Å². The topological polar surface area (TPSA) is 71.1 Å². The number of ether oxygens (including phenoxy) is 2. The van der Waals surface area contributed by atoms with Gasteiger partial charge in [-0.2, -0.15) is 0 Å². The van der Waals surface area contributed by atoms with Gasteiger partial charge in [-0.15, -0.1) is 0 Å². The van der Waals surface area contributed by atoms with E-state index in [-0.39, 0.29) is 11.8 Å². The molecule has 0 aliphatic carbocycles. The van der Waals surface area contributed by atoms with Gasteiger partial charge in [0.25, 0.3) is 0 Å². The van der Waals surface area contributed by atoms with Gasteiger partial charge in [0.05, 0.1) is 20.3 Å². The summed E-state index contributed by atoms with van der Waals surface area (Å²) in [4.78, 5) is 28.7. The lowest BCUT2D eigenvalue weighted by atomic mass is 10.2. The third kappa shape index (κ3) is 4.29. The number of benzene rings is 1. The van der Waals surface area contributed by atoms with Crippen molar-refractivity contribution in [2.75, 3.05) is 51.4 Å². The minimum atomic E-state index is -0.439. The van der Waals surface area contributed by atoms with E-state index >= 15 is 0 Å². The number of carbonyl (C=O) groups is 2. The van der Waals surface area contributed by atoms with E-state index in [1.807, 2.05) is 12.1 Å². The van der Waals surface area contributed by atoms with Crippen molar-refractivity contribution >= 4 is 17.5 Å². The van der Waals surface area contributed by atoms with Gasteiger partial charge in [-0.25, -0.2) is 0 Å². The number of nitrogens with one attached hydrogen (secondary N) is 1. The Labute approximate surface area is 147 Å². The van der Waals surface area contributed by atoms with Gasteiger partial charge in [0.2, 0.25) is 11.8 Å². The summed E-state index contributed by atoms with van der Waals surface area (Å²) in [6.07, 6.45) is 0.946. The molecule has 2 aliphatic rings. The van der Waals surface area contributed by atoms with Gasteiger partial charge in [-0.1, -0.05) is 0 Å². The van der Waals surface area contributed by atoms with Crippen LogP contribution >= 0.6 is 0 Å². The summed E-state index contributed by atoms with van der Waals surface area (Å²) < 4.78 is 10.5. The predicted molar refractivity (Wildman–Crippen MR) is 93.8 cm³/mol. The predicted octanol–water partition coefficient (Wildman–Crippen LogP) is 0.639. The molecule has 0 bridgehead atoms. The molecule has 2 saturated heterocycles. The summed E-state index contributed by atoms with van der Waals surface area (Å²) in [5.41, 5.74) is 0.733. The van der Waals surface area contributed by atoms with Gasteiger partial charge in [0.15, 0.2) is 0 Å². The normalized spacial score (nSPS) is 21.4. The monoisotopic (exact) mass is 347 g/mol. The summed E-state index contributed by atoms with van der Waals surface area (Å²) >= 11 is 0. The highest BCUT2D eigenvalue weighted by molar-refractivity contribution is 6.03. The number of methoxy groups -OCH3 is 1. The number of hydrogen-bond donors (Lipinski definition) is 1. The van der Waals surface area contributed by atoms with E-state index in [2.05, 4.69) is 10.2 Å². The Balaban J connectivity index is 1.57. The van der Waals surface area contributed by atoms with Gasteiger partial charge in [-0.3, -0.25) is 19.4 Å². The first-order chi connectivity index (χ1) is 12.2. The molecular weight excluding hydrogens is 322 g/mol. The number of nitrogens with zero attached hydrogens (tertiary/aromatic N) is 2. The second-order valence-electron chi connectivity index (χ2n) is 6.26. The van der Waals surface area contributed by atoms with E-state index in [9.17, 15) is 9.59 Å². The van der Waals surface area contributed by atoms with Crippen LogP contribution in [0, 0.1) is 0 Å². The number of carbonyl (C=O) groups excluding carboxylic acids is 2. The van der Waals surface area contributed by atoms with Crippen LogP contribution in [0.1, 0.15) is 12.8 Å². The molecule has 1 unspecified atom stereocenters. The molecule has 0 aromatic heterocycles. The average Bonchev–Trinajstić information content (AvgIpc) is 3.04. The SMILES string of the molecule is COc1ccc(N2C(=O)CCC2C(=O)NCCN2CCOCC2)cc1. The van der Waals surface area contributed by atoms with E-state index in [4.69, 9.17) is 9.47 Å². The zero-order valence-corrected chi connectivity index (χ0v) is 14.6. The van der Waals surface area contributed by atoms with Crippen LogP contribution in [-0.4, -0.2) is 69.3 Å². The highest BCUT2D eigenvalue weighted by Gasteiger charge is 2.36. The van der Waals surface area contributed by atoms with Crippen LogP contribution in [0.5, 0.6) is 5.75 Å². The summed E-state index contributed by atoms with van der Waals surface area (Å²) in [6.45, 7) is 4.68. The molecule has 7 heteroatoms. The summed E-state index contributed by atoms with van der Waals surface area (Å²) in [5, 5.41) is 2.97. The number of morpholine rings is 1. The second kappa shape index (κ2) is 8.31. The van der Waals surface area contributed by atoms with E-state index in [1.54, 1.807) is 24.1 Å². The minimum Gasteiger partial charge on any atom is -0.497 e. The Bertz CT molecular complexity index is 599. The minimum absolute atomic E-state index is 0.0153. The largest absolute Gasteiger partial charge is 0.497 e. The summed E-state index contributed by atoms with van der Waals surface area (Å²) in [5.74, 6) is 0.621. The molecule has 7 nitrogen and oxygen atoms in total. The van der Waals surface area contributed by atoms with Gasteiger partial charge in [0.1, 0.15) is 11.8 Å². The smallest absolute Gasteiger partial charge is 0.243 e. The molecule has 1 atom stereocenters. The van der Waals surface area contributed by atoms with Crippen molar-refractivity contribution < 1.29 is 19.1 Å². The molecule has 0 saturated carbocycles. The van der Waals surface area contributed by atoms with Crippen molar-refractivity contribution in [3.63, 3.8) is 0 Å². The standard InChI is InChI=1S/C18H25N3O4/c1-24-15-4-2-14(3-5-15)21-16(6-7-17(21)22)18(23)19-8-9-20-10-12-25-13-11-20/h2-5,16H,6-13H2,1H3,(H,19,23). The van der Waals surface area contributed by atoms with Crippen LogP contribution < -0.4 is 15.0 Å². The quantitative estimate of drug-likeness (QED) is 0.818. The number of amides is 2. The Morgan fingerprint density at radius 1 is 1.28 bits per heavy atom. The molecule has 2 amide bonds.